The van der Waals surface area contributed by atoms with E-state index >= 15 is 0 Å². The average Bonchev–Trinajstić information content (AvgIpc) is 2.99. The van der Waals surface area contributed by atoms with Gasteiger partial charge in [0, 0.05) is 12.6 Å². The molecule has 0 spiro atoms. The highest BCUT2D eigenvalue weighted by molar-refractivity contribution is 6.33. The van der Waals surface area contributed by atoms with Gasteiger partial charge in [-0.15, -0.1) is 0 Å². The van der Waals surface area contributed by atoms with Crippen LogP contribution in [0.1, 0.15) is 27.2 Å². The van der Waals surface area contributed by atoms with E-state index in [2.05, 4.69) is 27.4 Å². The Morgan fingerprint density at radius 3 is 2.24 bits per heavy atom. The molecule has 0 aliphatic heterocycles. The molecule has 6 heteroatoms. The van der Waals surface area contributed by atoms with E-state index in [9.17, 15) is 4.79 Å². The number of aryl methyl sites for hydroxylation is 1. The highest BCUT2D eigenvalue weighted by Crippen LogP contribution is 2.21. The van der Waals surface area contributed by atoms with Crippen LogP contribution in [0.15, 0.2) is 60.7 Å². The Morgan fingerprint density at radius 1 is 1.07 bits per heavy atom. The number of likely N-dealkylation sites (N-methyl/N-ethyl adjacent to an activating group) is 1. The van der Waals surface area contributed by atoms with Crippen molar-refractivity contribution < 1.29 is 4.79 Å². The number of hydrogen-bond donors (Lipinski definition) is 1. The zero-order valence-electron chi connectivity index (χ0n) is 17.1. The Labute approximate surface area is 177 Å². The summed E-state index contributed by atoms with van der Waals surface area (Å²) in [5.74, 6) is -0.188. The average molecular weight is 411 g/mol. The molecule has 29 heavy (non-hydrogen) atoms. The smallest absolute Gasteiger partial charge is 0.256 e. The van der Waals surface area contributed by atoms with Crippen molar-refractivity contribution >= 4 is 17.5 Å². The van der Waals surface area contributed by atoms with Crippen LogP contribution in [-0.2, 0) is 13.0 Å². The fourth-order valence-electron chi connectivity index (χ4n) is 3.29. The molecule has 0 saturated carbocycles. The third-order valence-electron chi connectivity index (χ3n) is 5.01. The molecule has 152 valence electrons. The lowest BCUT2D eigenvalue weighted by Crippen LogP contribution is -2.41. The van der Waals surface area contributed by atoms with Crippen molar-refractivity contribution in [1.29, 1.82) is 0 Å². The number of hydrogen-bond acceptors (Lipinski definition) is 3. The van der Waals surface area contributed by atoms with Gasteiger partial charge in [0.1, 0.15) is 5.15 Å². The number of halogens is 1. The molecule has 1 unspecified atom stereocenters. The van der Waals surface area contributed by atoms with E-state index in [0.717, 1.165) is 12.0 Å². The minimum Gasteiger partial charge on any atom is -0.350 e. The van der Waals surface area contributed by atoms with Gasteiger partial charge in [0.05, 0.1) is 17.8 Å². The van der Waals surface area contributed by atoms with Crippen LogP contribution in [-0.4, -0.2) is 47.3 Å². The number of benzene rings is 2. The molecule has 0 saturated heterocycles. The maximum Gasteiger partial charge on any atom is 0.256 e. The highest BCUT2D eigenvalue weighted by atomic mass is 35.5. The summed E-state index contributed by atoms with van der Waals surface area (Å²) in [6.45, 7) is 2.87. The lowest BCUT2D eigenvalue weighted by molar-refractivity contribution is 0.0941. The molecule has 0 radical (unpaired) electrons. The second-order valence-electron chi connectivity index (χ2n) is 7.41. The molecule has 3 aromatic rings. The summed E-state index contributed by atoms with van der Waals surface area (Å²) in [5.41, 5.74) is 3.40. The summed E-state index contributed by atoms with van der Waals surface area (Å²) in [6, 6.07) is 20.4. The summed E-state index contributed by atoms with van der Waals surface area (Å²) in [7, 11) is 4.05. The molecule has 1 amide bonds. The lowest BCUT2D eigenvalue weighted by Gasteiger charge is -2.24. The highest BCUT2D eigenvalue weighted by Gasteiger charge is 2.22. The Bertz CT molecular complexity index is 938. The van der Waals surface area contributed by atoms with Gasteiger partial charge in [-0.2, -0.15) is 5.10 Å². The van der Waals surface area contributed by atoms with E-state index in [-0.39, 0.29) is 11.9 Å². The van der Waals surface area contributed by atoms with Gasteiger partial charge in [0.25, 0.3) is 5.91 Å². The first kappa shape index (κ1) is 21.1. The lowest BCUT2D eigenvalue weighted by atomic mass is 10.1. The number of carbonyl (C=O) groups excluding carboxylic acids is 1. The molecule has 5 nitrogen and oxygen atoms in total. The number of carbonyl (C=O) groups is 1. The largest absolute Gasteiger partial charge is 0.350 e. The van der Waals surface area contributed by atoms with Crippen LogP contribution >= 0.6 is 11.6 Å². The van der Waals surface area contributed by atoms with E-state index < -0.39 is 0 Å². The Balaban J connectivity index is 1.68. The molecule has 0 fully saturated rings. The van der Waals surface area contributed by atoms with Crippen molar-refractivity contribution in [1.82, 2.24) is 20.0 Å². The molecular weight excluding hydrogens is 384 g/mol. The zero-order valence-corrected chi connectivity index (χ0v) is 17.9. The number of aromatic nitrogens is 2. The predicted molar refractivity (Wildman–Crippen MR) is 117 cm³/mol. The topological polar surface area (TPSA) is 50.2 Å². The van der Waals surface area contributed by atoms with E-state index in [1.807, 2.05) is 69.6 Å². The molecule has 1 aromatic heterocycles. The molecule has 1 N–H and O–H groups in total. The Kier molecular flexibility index (Phi) is 7.07. The molecule has 1 atom stereocenters. The van der Waals surface area contributed by atoms with Crippen LogP contribution in [0.5, 0.6) is 0 Å². The molecule has 0 aliphatic rings. The fourth-order valence-corrected chi connectivity index (χ4v) is 3.61. The van der Waals surface area contributed by atoms with E-state index in [1.165, 1.54) is 5.56 Å². The first-order valence-corrected chi connectivity index (χ1v) is 10.1. The molecule has 2 aromatic carbocycles. The quantitative estimate of drug-likeness (QED) is 0.614. The van der Waals surface area contributed by atoms with Gasteiger partial charge in [0.2, 0.25) is 0 Å². The van der Waals surface area contributed by atoms with Gasteiger partial charge in [-0.3, -0.25) is 4.79 Å². The van der Waals surface area contributed by atoms with Gasteiger partial charge >= 0.3 is 0 Å². The van der Waals surface area contributed by atoms with Crippen molar-refractivity contribution in [2.75, 3.05) is 20.6 Å². The van der Waals surface area contributed by atoms with Gasteiger partial charge < -0.3 is 10.2 Å². The van der Waals surface area contributed by atoms with E-state index in [0.29, 0.717) is 29.5 Å². The predicted octanol–water partition coefficient (Wildman–Crippen LogP) is 3.80. The molecule has 1 heterocycles. The summed E-state index contributed by atoms with van der Waals surface area (Å²) in [6.07, 6.45) is 0.855. The van der Waals surface area contributed by atoms with E-state index in [4.69, 9.17) is 11.6 Å². The second-order valence-corrected chi connectivity index (χ2v) is 7.77. The van der Waals surface area contributed by atoms with Crippen LogP contribution in [0.25, 0.3) is 0 Å². The van der Waals surface area contributed by atoms with Crippen LogP contribution in [0.2, 0.25) is 5.15 Å². The van der Waals surface area contributed by atoms with Crippen molar-refractivity contribution in [2.24, 2.45) is 0 Å². The maximum absolute atomic E-state index is 12.9. The summed E-state index contributed by atoms with van der Waals surface area (Å²) in [4.78, 5) is 15.0. The maximum atomic E-state index is 12.9. The minimum absolute atomic E-state index is 0.180. The van der Waals surface area contributed by atoms with Crippen molar-refractivity contribution in [3.63, 3.8) is 0 Å². The second kappa shape index (κ2) is 9.72. The number of nitrogens with zero attached hydrogens (tertiary/aromatic N) is 3. The summed E-state index contributed by atoms with van der Waals surface area (Å²) in [5, 5.41) is 7.88. The Hall–Kier alpha value is -2.63. The van der Waals surface area contributed by atoms with Crippen molar-refractivity contribution in [2.45, 2.75) is 25.9 Å². The van der Waals surface area contributed by atoms with Crippen LogP contribution in [0.3, 0.4) is 0 Å². The number of nitrogens with one attached hydrogen (secondary N) is 1. The Morgan fingerprint density at radius 2 is 1.66 bits per heavy atom. The SMILES string of the molecule is Cc1nn(Cc2ccccc2)c(Cl)c1C(=O)NCC(Cc1ccccc1)N(C)C. The van der Waals surface area contributed by atoms with Crippen molar-refractivity contribution in [3.8, 4) is 0 Å². The first-order chi connectivity index (χ1) is 14.0. The van der Waals surface area contributed by atoms with Gasteiger partial charge in [0.15, 0.2) is 0 Å². The molecule has 0 bridgehead atoms. The zero-order chi connectivity index (χ0) is 20.8. The van der Waals surface area contributed by atoms with Crippen LogP contribution in [0, 0.1) is 6.92 Å². The molecule has 0 aliphatic carbocycles. The normalized spacial score (nSPS) is 12.2. The first-order valence-electron chi connectivity index (χ1n) is 9.71. The summed E-state index contributed by atoms with van der Waals surface area (Å²) >= 11 is 6.51. The summed E-state index contributed by atoms with van der Waals surface area (Å²) < 4.78 is 1.68. The monoisotopic (exact) mass is 410 g/mol. The van der Waals surface area contributed by atoms with Gasteiger partial charge in [-0.1, -0.05) is 72.3 Å². The molecular formula is C23H27ClN4O. The molecule has 3 rings (SSSR count). The third-order valence-corrected chi connectivity index (χ3v) is 5.39. The number of amides is 1. The van der Waals surface area contributed by atoms with E-state index in [1.54, 1.807) is 4.68 Å². The minimum atomic E-state index is -0.188. The van der Waals surface area contributed by atoms with Crippen LogP contribution < -0.4 is 5.32 Å². The van der Waals surface area contributed by atoms with Crippen molar-refractivity contribution in [3.05, 3.63) is 88.2 Å². The third kappa shape index (κ3) is 5.46. The van der Waals surface area contributed by atoms with Gasteiger partial charge in [-0.05, 0) is 38.6 Å². The van der Waals surface area contributed by atoms with Gasteiger partial charge in [-0.25, -0.2) is 4.68 Å². The fraction of sp³-hybridized carbons (Fsp3) is 0.304. The standard InChI is InChI=1S/C23H27ClN4O/c1-17-21(22(24)28(26-17)16-19-12-8-5-9-13-19)23(29)25-15-20(27(2)3)14-18-10-6-4-7-11-18/h4-13,20H,14-16H2,1-3H3,(H,25,29). The van der Waals surface area contributed by atoms with Crippen LogP contribution in [0.4, 0.5) is 0 Å². The number of rotatable bonds is 8.